The van der Waals surface area contributed by atoms with Crippen molar-refractivity contribution in [2.45, 2.75) is 45.2 Å². The number of fused-ring (bicyclic) bond motifs is 1. The molecule has 1 aromatic carbocycles. The Balaban J connectivity index is 1.51. The minimum Gasteiger partial charge on any atom is -0.496 e. The van der Waals surface area contributed by atoms with E-state index >= 15 is 0 Å². The highest BCUT2D eigenvalue weighted by Crippen LogP contribution is 2.32. The average molecular weight is 394 g/mol. The van der Waals surface area contributed by atoms with Gasteiger partial charge in [-0.05, 0) is 18.9 Å². The number of nitrogens with zero attached hydrogens (tertiary/aromatic N) is 4. The first-order chi connectivity index (χ1) is 14.1. The molecule has 2 aliphatic heterocycles. The molecule has 0 aliphatic carbocycles. The first kappa shape index (κ1) is 19.4. The van der Waals surface area contributed by atoms with Crippen LogP contribution in [0.3, 0.4) is 0 Å². The maximum atomic E-state index is 13.0. The van der Waals surface area contributed by atoms with Gasteiger partial charge in [-0.1, -0.05) is 18.2 Å². The van der Waals surface area contributed by atoms with E-state index in [9.17, 15) is 9.59 Å². The topological polar surface area (TPSA) is 75.6 Å². The molecule has 0 spiro atoms. The number of amides is 2. The van der Waals surface area contributed by atoms with E-state index in [0.29, 0.717) is 25.3 Å². The Morgan fingerprint density at radius 1 is 1.24 bits per heavy atom. The summed E-state index contributed by atoms with van der Waals surface area (Å²) in [5, 5.41) is 0. The van der Waals surface area contributed by atoms with Crippen molar-refractivity contribution >= 4 is 11.8 Å². The summed E-state index contributed by atoms with van der Waals surface area (Å²) in [4.78, 5) is 37.8. The number of likely N-dealkylation sites (tertiary alicyclic amines) is 1. The van der Waals surface area contributed by atoms with Crippen LogP contribution in [0.4, 0.5) is 0 Å². The number of aromatic nitrogens is 2. The Morgan fingerprint density at radius 2 is 2.07 bits per heavy atom. The molecule has 0 bridgehead atoms. The number of ether oxygens (including phenoxy) is 1. The van der Waals surface area contributed by atoms with Gasteiger partial charge in [0.25, 0.3) is 0 Å². The molecule has 7 heteroatoms. The van der Waals surface area contributed by atoms with E-state index < -0.39 is 0 Å². The third kappa shape index (κ3) is 3.95. The molecule has 2 aromatic rings. The van der Waals surface area contributed by atoms with Crippen LogP contribution in [0.15, 0.2) is 30.5 Å². The molecular weight excluding hydrogens is 368 g/mol. The normalized spacial score (nSPS) is 18.5. The van der Waals surface area contributed by atoms with Gasteiger partial charge >= 0.3 is 0 Å². The van der Waals surface area contributed by atoms with Gasteiger partial charge in [0.2, 0.25) is 11.8 Å². The van der Waals surface area contributed by atoms with Crippen molar-refractivity contribution in [3.63, 3.8) is 0 Å². The molecule has 1 aromatic heterocycles. The number of hydrogen-bond donors (Lipinski definition) is 0. The maximum Gasteiger partial charge on any atom is 0.227 e. The van der Waals surface area contributed by atoms with E-state index in [0.717, 1.165) is 48.4 Å². The zero-order chi connectivity index (χ0) is 20.4. The Hall–Kier alpha value is -2.96. The largest absolute Gasteiger partial charge is 0.496 e. The number of carbonyl (C=O) groups is 2. The lowest BCUT2D eigenvalue weighted by Gasteiger charge is -2.29. The van der Waals surface area contributed by atoms with Crippen molar-refractivity contribution in [3.05, 3.63) is 53.1 Å². The van der Waals surface area contributed by atoms with Gasteiger partial charge in [-0.3, -0.25) is 9.59 Å². The smallest absolute Gasteiger partial charge is 0.227 e. The zero-order valence-electron chi connectivity index (χ0n) is 16.9. The van der Waals surface area contributed by atoms with Crippen LogP contribution in [0.25, 0.3) is 0 Å². The highest BCUT2D eigenvalue weighted by atomic mass is 16.5. The quantitative estimate of drug-likeness (QED) is 0.795. The number of benzene rings is 1. The van der Waals surface area contributed by atoms with Crippen molar-refractivity contribution in [3.8, 4) is 5.75 Å². The Bertz CT molecular complexity index is 930. The van der Waals surface area contributed by atoms with Crippen LogP contribution < -0.4 is 4.74 Å². The first-order valence-electron chi connectivity index (χ1n) is 10.1. The molecule has 2 amide bonds. The van der Waals surface area contributed by atoms with E-state index in [-0.39, 0.29) is 17.9 Å². The van der Waals surface area contributed by atoms with E-state index in [1.165, 1.54) is 0 Å². The maximum absolute atomic E-state index is 13.0. The summed E-state index contributed by atoms with van der Waals surface area (Å²) in [5.41, 5.74) is 2.89. The molecule has 7 nitrogen and oxygen atoms in total. The van der Waals surface area contributed by atoms with Gasteiger partial charge in [0.1, 0.15) is 5.75 Å². The molecule has 0 N–H and O–H groups in total. The Kier molecular flexibility index (Phi) is 5.47. The van der Waals surface area contributed by atoms with E-state index in [1.807, 2.05) is 40.3 Å². The van der Waals surface area contributed by atoms with Crippen molar-refractivity contribution in [1.82, 2.24) is 19.8 Å². The van der Waals surface area contributed by atoms with E-state index in [4.69, 9.17) is 9.72 Å². The molecule has 1 fully saturated rings. The third-order valence-electron chi connectivity index (χ3n) is 5.80. The molecule has 1 saturated heterocycles. The summed E-state index contributed by atoms with van der Waals surface area (Å²) in [5.74, 6) is 1.59. The standard InChI is InChI=1S/C22H26N4O3/c1-15(27)25-11-9-18-17(14-25)13-23-22(24-18)19-7-5-10-26(19)21(28)12-16-6-3-4-8-20(16)29-2/h3-4,6,8,13,19H,5,7,9-12,14H2,1-2H3/t19-/m1/s1. The van der Waals surface area contributed by atoms with Crippen LogP contribution in [-0.2, 0) is 29.0 Å². The molecular formula is C22H26N4O3. The van der Waals surface area contributed by atoms with Crippen LogP contribution in [0, 0.1) is 0 Å². The number of carbonyl (C=O) groups excluding carboxylic acids is 2. The van der Waals surface area contributed by atoms with Crippen LogP contribution in [0.1, 0.15) is 48.5 Å². The molecule has 0 unspecified atom stereocenters. The summed E-state index contributed by atoms with van der Waals surface area (Å²) >= 11 is 0. The highest BCUT2D eigenvalue weighted by Gasteiger charge is 2.33. The summed E-state index contributed by atoms with van der Waals surface area (Å²) in [6.45, 7) is 3.55. The number of methoxy groups -OCH3 is 1. The summed E-state index contributed by atoms with van der Waals surface area (Å²) in [7, 11) is 1.62. The van der Waals surface area contributed by atoms with Crippen LogP contribution in [0.2, 0.25) is 0 Å². The third-order valence-corrected chi connectivity index (χ3v) is 5.80. The molecule has 4 rings (SSSR count). The highest BCUT2D eigenvalue weighted by molar-refractivity contribution is 5.80. The van der Waals surface area contributed by atoms with Gasteiger partial charge in [0.05, 0.1) is 25.3 Å². The fourth-order valence-electron chi connectivity index (χ4n) is 4.21. The van der Waals surface area contributed by atoms with Gasteiger partial charge < -0.3 is 14.5 Å². The van der Waals surface area contributed by atoms with Crippen LogP contribution in [0.5, 0.6) is 5.75 Å². The van der Waals surface area contributed by atoms with Crippen LogP contribution in [-0.4, -0.2) is 51.8 Å². The molecule has 0 saturated carbocycles. The molecule has 3 heterocycles. The Morgan fingerprint density at radius 3 is 2.86 bits per heavy atom. The van der Waals surface area contributed by atoms with Crippen molar-refractivity contribution in [2.24, 2.45) is 0 Å². The van der Waals surface area contributed by atoms with E-state index in [2.05, 4.69) is 4.98 Å². The predicted molar refractivity (Wildman–Crippen MR) is 107 cm³/mol. The molecule has 1 atom stereocenters. The summed E-state index contributed by atoms with van der Waals surface area (Å²) in [6.07, 6.45) is 4.68. The molecule has 152 valence electrons. The lowest BCUT2D eigenvalue weighted by molar-refractivity contribution is -0.132. The average Bonchev–Trinajstić information content (AvgIpc) is 3.23. The van der Waals surface area contributed by atoms with E-state index in [1.54, 1.807) is 14.0 Å². The fourth-order valence-corrected chi connectivity index (χ4v) is 4.21. The number of rotatable bonds is 4. The SMILES string of the molecule is COc1ccccc1CC(=O)N1CCC[C@@H]1c1ncc2c(n1)CCN(C(C)=O)C2. The summed E-state index contributed by atoms with van der Waals surface area (Å²) in [6, 6.07) is 7.54. The summed E-state index contributed by atoms with van der Waals surface area (Å²) < 4.78 is 5.38. The molecule has 2 aliphatic rings. The van der Waals surface area contributed by atoms with Gasteiger partial charge in [0, 0.05) is 50.3 Å². The second-order valence-corrected chi connectivity index (χ2v) is 7.62. The van der Waals surface area contributed by atoms with Crippen molar-refractivity contribution in [2.75, 3.05) is 20.2 Å². The van der Waals surface area contributed by atoms with Gasteiger partial charge in [0.15, 0.2) is 5.82 Å². The number of para-hydroxylation sites is 1. The second-order valence-electron chi connectivity index (χ2n) is 7.62. The van der Waals surface area contributed by atoms with Crippen LogP contribution >= 0.6 is 0 Å². The predicted octanol–water partition coefficient (Wildman–Crippen LogP) is 2.30. The fraction of sp³-hybridized carbons (Fsp3) is 0.455. The Labute approximate surface area is 170 Å². The first-order valence-corrected chi connectivity index (χ1v) is 10.1. The zero-order valence-corrected chi connectivity index (χ0v) is 16.9. The lowest BCUT2D eigenvalue weighted by Crippen LogP contribution is -2.36. The molecule has 29 heavy (non-hydrogen) atoms. The van der Waals surface area contributed by atoms with Crippen molar-refractivity contribution < 1.29 is 14.3 Å². The van der Waals surface area contributed by atoms with Gasteiger partial charge in [-0.15, -0.1) is 0 Å². The second kappa shape index (κ2) is 8.19. The van der Waals surface area contributed by atoms with Gasteiger partial charge in [-0.25, -0.2) is 9.97 Å². The number of hydrogen-bond acceptors (Lipinski definition) is 5. The van der Waals surface area contributed by atoms with Gasteiger partial charge in [-0.2, -0.15) is 0 Å². The van der Waals surface area contributed by atoms with Crippen molar-refractivity contribution in [1.29, 1.82) is 0 Å². The minimum absolute atomic E-state index is 0.0704. The monoisotopic (exact) mass is 394 g/mol. The lowest BCUT2D eigenvalue weighted by atomic mass is 10.1. The molecule has 0 radical (unpaired) electrons. The minimum atomic E-state index is -0.0895.